The molecule has 0 aliphatic carbocycles. The average molecular weight is 379 g/mol. The first-order valence-corrected chi connectivity index (χ1v) is 9.73. The van der Waals surface area contributed by atoms with Gasteiger partial charge in [0.15, 0.2) is 0 Å². The number of benzene rings is 2. The highest BCUT2D eigenvalue weighted by molar-refractivity contribution is 9.09. The van der Waals surface area contributed by atoms with Crippen LogP contribution in [0.15, 0.2) is 30.3 Å². The van der Waals surface area contributed by atoms with E-state index in [4.69, 9.17) is 9.47 Å². The summed E-state index contributed by atoms with van der Waals surface area (Å²) in [6.07, 6.45) is 5.77. The second-order valence-corrected chi connectivity index (χ2v) is 6.66. The molecule has 0 radical (unpaired) electrons. The van der Waals surface area contributed by atoms with Crippen LogP contribution in [0.25, 0.3) is 10.8 Å². The molecule has 0 aliphatic rings. The molecule has 0 heterocycles. The first kappa shape index (κ1) is 18.1. The Hall–Kier alpha value is -1.22. The lowest BCUT2D eigenvalue weighted by molar-refractivity contribution is 0.305. The van der Waals surface area contributed by atoms with Crippen LogP contribution in [0.1, 0.15) is 44.6 Å². The van der Waals surface area contributed by atoms with Crippen molar-refractivity contribution in [1.82, 2.24) is 0 Å². The largest absolute Gasteiger partial charge is 0.494 e. The van der Waals surface area contributed by atoms with E-state index in [9.17, 15) is 0 Å². The fourth-order valence-corrected chi connectivity index (χ4v) is 2.98. The third-order valence-electron chi connectivity index (χ3n) is 4.01. The Labute approximate surface area is 148 Å². The van der Waals surface area contributed by atoms with E-state index in [1.54, 1.807) is 0 Å². The van der Waals surface area contributed by atoms with Gasteiger partial charge in [0.25, 0.3) is 0 Å². The van der Waals surface area contributed by atoms with Crippen LogP contribution in [0.4, 0.5) is 0 Å². The monoisotopic (exact) mass is 378 g/mol. The molecule has 0 unspecified atom stereocenters. The van der Waals surface area contributed by atoms with Crippen molar-refractivity contribution in [2.24, 2.45) is 0 Å². The molecule has 0 amide bonds. The topological polar surface area (TPSA) is 18.5 Å². The summed E-state index contributed by atoms with van der Waals surface area (Å²) in [5, 5.41) is 3.53. The summed E-state index contributed by atoms with van der Waals surface area (Å²) in [5.41, 5.74) is 1.21. The smallest absolute Gasteiger partial charge is 0.122 e. The summed E-state index contributed by atoms with van der Waals surface area (Å²) in [6.45, 7) is 5.89. The van der Waals surface area contributed by atoms with Gasteiger partial charge >= 0.3 is 0 Å². The minimum atomic E-state index is 0.788. The summed E-state index contributed by atoms with van der Waals surface area (Å²) < 4.78 is 11.7. The van der Waals surface area contributed by atoms with E-state index in [0.29, 0.717) is 0 Å². The van der Waals surface area contributed by atoms with E-state index in [0.717, 1.165) is 49.3 Å². The number of hydrogen-bond donors (Lipinski definition) is 0. The van der Waals surface area contributed by atoms with Crippen molar-refractivity contribution in [1.29, 1.82) is 0 Å². The summed E-state index contributed by atoms with van der Waals surface area (Å²) in [5.74, 6) is 1.95. The molecule has 0 saturated carbocycles. The molecule has 126 valence electrons. The molecule has 0 saturated heterocycles. The van der Waals surface area contributed by atoms with Crippen LogP contribution in [0.2, 0.25) is 0 Å². The minimum Gasteiger partial charge on any atom is -0.494 e. The maximum absolute atomic E-state index is 5.95. The number of ether oxygens (including phenoxy) is 2. The van der Waals surface area contributed by atoms with Gasteiger partial charge in [0.05, 0.1) is 13.2 Å². The summed E-state index contributed by atoms with van der Waals surface area (Å²) >= 11 is 3.46. The lowest BCUT2D eigenvalue weighted by Gasteiger charge is -2.12. The van der Waals surface area contributed by atoms with Crippen molar-refractivity contribution in [2.75, 3.05) is 18.5 Å². The second kappa shape index (κ2) is 9.82. The Morgan fingerprint density at radius 3 is 2.52 bits per heavy atom. The molecule has 0 fully saturated rings. The van der Waals surface area contributed by atoms with Gasteiger partial charge in [-0.15, -0.1) is 0 Å². The van der Waals surface area contributed by atoms with Crippen molar-refractivity contribution < 1.29 is 9.47 Å². The predicted molar refractivity (Wildman–Crippen MR) is 102 cm³/mol. The highest BCUT2D eigenvalue weighted by Crippen LogP contribution is 2.30. The molecule has 0 aliphatic heterocycles. The van der Waals surface area contributed by atoms with Gasteiger partial charge in [-0.25, -0.2) is 0 Å². The quantitative estimate of drug-likeness (QED) is 0.358. The van der Waals surface area contributed by atoms with Gasteiger partial charge in [-0.2, -0.15) is 0 Å². The fraction of sp³-hybridized carbons (Fsp3) is 0.500. The van der Waals surface area contributed by atoms with E-state index in [1.165, 1.54) is 29.2 Å². The molecule has 0 N–H and O–H groups in total. The molecule has 3 heteroatoms. The Bertz CT molecular complexity index is 610. The molecule has 0 atom stereocenters. The molecule has 0 bridgehead atoms. The Balaban J connectivity index is 2.02. The molecule has 2 rings (SSSR count). The molecule has 0 spiro atoms. The van der Waals surface area contributed by atoms with E-state index >= 15 is 0 Å². The molecule has 23 heavy (non-hydrogen) atoms. The zero-order valence-electron chi connectivity index (χ0n) is 14.2. The van der Waals surface area contributed by atoms with Crippen LogP contribution in [-0.2, 0) is 0 Å². The first-order valence-electron chi connectivity index (χ1n) is 8.61. The fourth-order valence-electron chi connectivity index (χ4n) is 2.58. The second-order valence-electron chi connectivity index (χ2n) is 5.87. The van der Waals surface area contributed by atoms with Gasteiger partial charge in [0, 0.05) is 5.33 Å². The third kappa shape index (κ3) is 5.42. The summed E-state index contributed by atoms with van der Waals surface area (Å²) in [7, 11) is 0. The zero-order valence-corrected chi connectivity index (χ0v) is 15.8. The van der Waals surface area contributed by atoms with Crippen LogP contribution >= 0.6 is 15.9 Å². The number of hydrogen-bond acceptors (Lipinski definition) is 2. The van der Waals surface area contributed by atoms with E-state index in [2.05, 4.69) is 60.1 Å². The highest BCUT2D eigenvalue weighted by Gasteiger charge is 2.06. The van der Waals surface area contributed by atoms with Crippen molar-refractivity contribution in [3.63, 3.8) is 0 Å². The molecular formula is C20H27BrO2. The van der Waals surface area contributed by atoms with Crippen molar-refractivity contribution in [3.8, 4) is 11.5 Å². The predicted octanol–water partition coefficient (Wildman–Crippen LogP) is 6.27. The standard InChI is InChI=1S/C20H27BrO2/c1-3-4-13-22-18-9-10-19-16(2)20(11-8-17(19)15-18)23-14-7-5-6-12-21/h8-11,15H,3-7,12-14H2,1-2H3. The van der Waals surface area contributed by atoms with E-state index < -0.39 is 0 Å². The normalized spacial score (nSPS) is 10.9. The zero-order chi connectivity index (χ0) is 16.5. The Kier molecular flexibility index (Phi) is 7.73. The van der Waals surface area contributed by atoms with Gasteiger partial charge < -0.3 is 9.47 Å². The summed E-state index contributed by atoms with van der Waals surface area (Å²) in [4.78, 5) is 0. The van der Waals surface area contributed by atoms with Crippen molar-refractivity contribution in [3.05, 3.63) is 35.9 Å². The average Bonchev–Trinajstić information content (AvgIpc) is 2.57. The third-order valence-corrected chi connectivity index (χ3v) is 4.57. The number of alkyl halides is 1. The van der Waals surface area contributed by atoms with Crippen molar-refractivity contribution in [2.45, 2.75) is 46.0 Å². The molecule has 0 aromatic heterocycles. The van der Waals surface area contributed by atoms with Gasteiger partial charge in [-0.3, -0.25) is 0 Å². The maximum atomic E-state index is 5.95. The lowest BCUT2D eigenvalue weighted by Crippen LogP contribution is -2.00. The molecule has 2 nitrogen and oxygen atoms in total. The van der Waals surface area contributed by atoms with Gasteiger partial charge in [-0.05, 0) is 67.1 Å². The van der Waals surface area contributed by atoms with Crippen molar-refractivity contribution >= 4 is 26.7 Å². The molecule has 2 aromatic rings. The van der Waals surface area contributed by atoms with Gasteiger partial charge in [-0.1, -0.05) is 41.4 Å². The Morgan fingerprint density at radius 1 is 0.913 bits per heavy atom. The summed E-state index contributed by atoms with van der Waals surface area (Å²) in [6, 6.07) is 10.5. The number of aryl methyl sites for hydroxylation is 1. The molecular weight excluding hydrogens is 352 g/mol. The van der Waals surface area contributed by atoms with E-state index in [1.807, 2.05) is 0 Å². The van der Waals surface area contributed by atoms with Gasteiger partial charge in [0.1, 0.15) is 11.5 Å². The van der Waals surface area contributed by atoms with Crippen LogP contribution < -0.4 is 9.47 Å². The number of rotatable bonds is 10. The maximum Gasteiger partial charge on any atom is 0.122 e. The van der Waals surface area contributed by atoms with Gasteiger partial charge in [0.2, 0.25) is 0 Å². The van der Waals surface area contributed by atoms with Crippen LogP contribution in [0.5, 0.6) is 11.5 Å². The van der Waals surface area contributed by atoms with Crippen LogP contribution in [-0.4, -0.2) is 18.5 Å². The first-order chi connectivity index (χ1) is 11.3. The Morgan fingerprint density at radius 2 is 1.74 bits per heavy atom. The molecule has 2 aromatic carbocycles. The highest BCUT2D eigenvalue weighted by atomic mass is 79.9. The van der Waals surface area contributed by atoms with Crippen LogP contribution in [0.3, 0.4) is 0 Å². The van der Waals surface area contributed by atoms with E-state index in [-0.39, 0.29) is 0 Å². The number of halogens is 1. The SMILES string of the molecule is CCCCOc1ccc2c(C)c(OCCCCCBr)ccc2c1. The number of fused-ring (bicyclic) bond motifs is 1. The van der Waals surface area contributed by atoms with Crippen LogP contribution in [0, 0.1) is 6.92 Å². The minimum absolute atomic E-state index is 0.788. The number of unbranched alkanes of at least 4 members (excludes halogenated alkanes) is 3. The lowest BCUT2D eigenvalue weighted by atomic mass is 10.0.